The zero-order valence-electron chi connectivity index (χ0n) is 15.8. The molecule has 5 N–H and O–H groups in total. The Morgan fingerprint density at radius 1 is 1.14 bits per heavy atom. The van der Waals surface area contributed by atoms with Gasteiger partial charge in [-0.25, -0.2) is 4.98 Å². The van der Waals surface area contributed by atoms with Crippen LogP contribution in [0, 0.1) is 0 Å². The minimum Gasteiger partial charge on any atom is -0.424 e. The Kier molecular flexibility index (Phi) is 7.55. The van der Waals surface area contributed by atoms with Gasteiger partial charge in [0.1, 0.15) is 17.2 Å². The van der Waals surface area contributed by atoms with Crippen LogP contribution in [0.1, 0.15) is 6.42 Å². The molecule has 0 saturated heterocycles. The Bertz CT molecular complexity index is 868. The van der Waals surface area contributed by atoms with Crippen molar-refractivity contribution >= 4 is 34.9 Å². The van der Waals surface area contributed by atoms with Gasteiger partial charge >= 0.3 is 5.97 Å². The molecule has 1 heterocycles. The summed E-state index contributed by atoms with van der Waals surface area (Å²) in [6, 6.07) is 9.87. The van der Waals surface area contributed by atoms with Gasteiger partial charge in [-0.05, 0) is 38.4 Å². The molecule has 1 aromatic carbocycles. The van der Waals surface area contributed by atoms with E-state index in [0.29, 0.717) is 23.7 Å². The molecule has 1 aromatic heterocycles. The summed E-state index contributed by atoms with van der Waals surface area (Å²) in [5.41, 5.74) is 11.8. The van der Waals surface area contributed by atoms with E-state index < -0.39 is 0 Å². The van der Waals surface area contributed by atoms with Crippen molar-refractivity contribution in [3.8, 4) is 5.75 Å². The van der Waals surface area contributed by atoms with Crippen molar-refractivity contribution in [2.75, 3.05) is 38.2 Å². The maximum Gasteiger partial charge on any atom is 0.312 e. The number of benzene rings is 1. The molecule has 0 atom stereocenters. The number of azo groups is 1. The first-order valence-corrected chi connectivity index (χ1v) is 8.51. The lowest BCUT2D eigenvalue weighted by Crippen LogP contribution is -2.22. The van der Waals surface area contributed by atoms with E-state index in [4.69, 9.17) is 16.2 Å². The number of rotatable bonds is 8. The maximum atomic E-state index is 12.0. The fraction of sp³-hybridized carbons (Fsp3) is 0.278. The van der Waals surface area contributed by atoms with Crippen LogP contribution in [-0.2, 0) is 9.59 Å². The molecule has 1 amide bonds. The Morgan fingerprint density at radius 2 is 1.86 bits per heavy atom. The van der Waals surface area contributed by atoms with Gasteiger partial charge in [0, 0.05) is 6.54 Å². The Morgan fingerprint density at radius 3 is 2.54 bits per heavy atom. The summed E-state index contributed by atoms with van der Waals surface area (Å²) in [7, 11) is 3.75. The fourth-order valence-electron chi connectivity index (χ4n) is 2.04. The number of anilines is 2. The number of nitrogens with one attached hydrogen (secondary N) is 1. The number of amides is 1. The normalized spacial score (nSPS) is 11.0. The van der Waals surface area contributed by atoms with E-state index >= 15 is 0 Å². The average molecular weight is 385 g/mol. The number of esters is 1. The van der Waals surface area contributed by atoms with Gasteiger partial charge < -0.3 is 26.4 Å². The first-order chi connectivity index (χ1) is 13.4. The Balaban J connectivity index is 2.12. The highest BCUT2D eigenvalue weighted by Gasteiger charge is 2.10. The van der Waals surface area contributed by atoms with Crippen LogP contribution in [-0.4, -0.2) is 48.9 Å². The predicted octanol–water partition coefficient (Wildman–Crippen LogP) is 1.83. The van der Waals surface area contributed by atoms with E-state index in [1.807, 2.05) is 19.0 Å². The topological polar surface area (TPSA) is 148 Å². The molecule has 0 aliphatic rings. The van der Waals surface area contributed by atoms with Gasteiger partial charge in [0.25, 0.3) is 0 Å². The van der Waals surface area contributed by atoms with E-state index in [1.54, 1.807) is 30.3 Å². The quantitative estimate of drug-likeness (QED) is 0.356. The van der Waals surface area contributed by atoms with Gasteiger partial charge in [-0.2, -0.15) is 0 Å². The zero-order valence-corrected chi connectivity index (χ0v) is 15.8. The third kappa shape index (κ3) is 6.41. The fourth-order valence-corrected chi connectivity index (χ4v) is 2.04. The minimum atomic E-state index is -0.383. The lowest BCUT2D eigenvalue weighted by atomic mass is 10.3. The first-order valence-electron chi connectivity index (χ1n) is 8.51. The zero-order chi connectivity index (χ0) is 20.5. The lowest BCUT2D eigenvalue weighted by molar-refractivity contribution is -0.134. The molecule has 2 rings (SSSR count). The summed E-state index contributed by atoms with van der Waals surface area (Å²) in [6.45, 7) is 0.421. The molecule has 0 aliphatic carbocycles. The van der Waals surface area contributed by atoms with Crippen LogP contribution in [0.2, 0.25) is 0 Å². The maximum absolute atomic E-state index is 12.0. The average Bonchev–Trinajstić information content (AvgIpc) is 2.66. The van der Waals surface area contributed by atoms with Crippen LogP contribution in [0.4, 0.5) is 23.0 Å². The third-order valence-corrected chi connectivity index (χ3v) is 3.47. The highest BCUT2D eigenvalue weighted by atomic mass is 16.5. The standard InChI is InChI=1S/C18H23N7O3/c1-25(2)10-9-17(27)28-14-6-4-3-5-12(14)23-24-13-7-8-15(22-18(13)20)21-16(26)11-19/h3-8H,9-11,19H2,1-2H3,(H3,20,21,22,26). The SMILES string of the molecule is CN(C)CCC(=O)Oc1ccccc1N=Nc1ccc(NC(=O)CN)nc1N. The van der Waals surface area contributed by atoms with Crippen molar-refractivity contribution in [1.82, 2.24) is 9.88 Å². The van der Waals surface area contributed by atoms with Gasteiger partial charge in [0.15, 0.2) is 11.6 Å². The highest BCUT2D eigenvalue weighted by molar-refractivity contribution is 5.91. The van der Waals surface area contributed by atoms with Crippen LogP contribution < -0.4 is 21.5 Å². The van der Waals surface area contributed by atoms with Crippen molar-refractivity contribution in [3.05, 3.63) is 36.4 Å². The van der Waals surface area contributed by atoms with Crippen LogP contribution in [0.25, 0.3) is 0 Å². The first kappa shape index (κ1) is 20.9. The van der Waals surface area contributed by atoms with Gasteiger partial charge in [-0.1, -0.05) is 12.1 Å². The summed E-state index contributed by atoms with van der Waals surface area (Å²) in [6.07, 6.45) is 0.255. The number of pyridine rings is 1. The van der Waals surface area contributed by atoms with Gasteiger partial charge in [0.2, 0.25) is 5.91 Å². The van der Waals surface area contributed by atoms with Crippen molar-refractivity contribution in [1.29, 1.82) is 0 Å². The minimum absolute atomic E-state index is 0.0824. The van der Waals surface area contributed by atoms with E-state index in [2.05, 4.69) is 20.5 Å². The molecular formula is C18H23N7O3. The smallest absolute Gasteiger partial charge is 0.312 e. The second-order valence-corrected chi connectivity index (χ2v) is 6.05. The van der Waals surface area contributed by atoms with Gasteiger partial charge in [0.05, 0.1) is 13.0 Å². The van der Waals surface area contributed by atoms with Crippen LogP contribution >= 0.6 is 0 Å². The third-order valence-electron chi connectivity index (χ3n) is 3.47. The Labute approximate surface area is 162 Å². The van der Waals surface area contributed by atoms with Gasteiger partial charge in [-0.15, -0.1) is 10.2 Å². The number of nitrogen functional groups attached to an aromatic ring is 1. The number of aromatic nitrogens is 1. The molecule has 148 valence electrons. The van der Waals surface area contributed by atoms with E-state index in [9.17, 15) is 9.59 Å². The number of carbonyl (C=O) groups is 2. The van der Waals surface area contributed by atoms with Gasteiger partial charge in [-0.3, -0.25) is 9.59 Å². The van der Waals surface area contributed by atoms with Crippen LogP contribution in [0.15, 0.2) is 46.6 Å². The molecule has 0 unspecified atom stereocenters. The number of hydrogen-bond acceptors (Lipinski definition) is 9. The number of nitrogens with zero attached hydrogens (tertiary/aromatic N) is 4. The van der Waals surface area contributed by atoms with Crippen LogP contribution in [0.3, 0.4) is 0 Å². The predicted molar refractivity (Wildman–Crippen MR) is 106 cm³/mol. The summed E-state index contributed by atoms with van der Waals surface area (Å²) in [5.74, 6) is -0.0988. The van der Waals surface area contributed by atoms with Crippen molar-refractivity contribution in [3.63, 3.8) is 0 Å². The molecular weight excluding hydrogens is 362 g/mol. The molecule has 10 nitrogen and oxygen atoms in total. The summed E-state index contributed by atoms with van der Waals surface area (Å²) < 4.78 is 5.36. The molecule has 0 bridgehead atoms. The second-order valence-electron chi connectivity index (χ2n) is 6.05. The van der Waals surface area contributed by atoms with E-state index in [-0.39, 0.29) is 36.5 Å². The van der Waals surface area contributed by atoms with Crippen molar-refractivity contribution in [2.45, 2.75) is 6.42 Å². The monoisotopic (exact) mass is 385 g/mol. The second kappa shape index (κ2) is 10.1. The summed E-state index contributed by atoms with van der Waals surface area (Å²) in [4.78, 5) is 29.2. The summed E-state index contributed by atoms with van der Waals surface area (Å²) in [5, 5.41) is 10.7. The summed E-state index contributed by atoms with van der Waals surface area (Å²) >= 11 is 0. The molecule has 0 spiro atoms. The Hall–Kier alpha value is -3.37. The van der Waals surface area contributed by atoms with Crippen LogP contribution in [0.5, 0.6) is 5.75 Å². The molecule has 28 heavy (non-hydrogen) atoms. The number of hydrogen-bond donors (Lipinski definition) is 3. The van der Waals surface area contributed by atoms with E-state index in [1.165, 1.54) is 6.07 Å². The molecule has 0 saturated carbocycles. The largest absolute Gasteiger partial charge is 0.424 e. The molecule has 2 aromatic rings. The molecule has 0 fully saturated rings. The number of para-hydroxylation sites is 1. The highest BCUT2D eigenvalue weighted by Crippen LogP contribution is 2.30. The lowest BCUT2D eigenvalue weighted by Gasteiger charge is -2.10. The molecule has 0 aliphatic heterocycles. The van der Waals surface area contributed by atoms with Crippen molar-refractivity contribution in [2.24, 2.45) is 16.0 Å². The number of carbonyl (C=O) groups excluding carboxylic acids is 2. The number of nitrogens with two attached hydrogens (primary N) is 2. The molecule has 0 radical (unpaired) electrons. The van der Waals surface area contributed by atoms with Crippen molar-refractivity contribution < 1.29 is 14.3 Å². The number of ether oxygens (including phenoxy) is 1. The molecule has 10 heteroatoms. The van der Waals surface area contributed by atoms with E-state index in [0.717, 1.165) is 0 Å².